The first-order chi connectivity index (χ1) is 13.7. The van der Waals surface area contributed by atoms with Crippen molar-refractivity contribution in [2.75, 3.05) is 26.1 Å². The fraction of sp³-hybridized carbons (Fsp3) is 0.579. The van der Waals surface area contributed by atoms with E-state index in [1.165, 1.54) is 19.1 Å². The number of halogens is 3. The zero-order valence-electron chi connectivity index (χ0n) is 16.1. The predicted octanol–water partition coefficient (Wildman–Crippen LogP) is 3.58. The van der Waals surface area contributed by atoms with E-state index >= 15 is 0 Å². The number of hydrogen-bond acceptors (Lipinski definition) is 5. The first-order valence-electron chi connectivity index (χ1n) is 9.31. The summed E-state index contributed by atoms with van der Waals surface area (Å²) >= 11 is 0. The number of anilines is 1. The lowest BCUT2D eigenvalue weighted by Gasteiger charge is -2.30. The SMILES string of the molecule is COc1ccc(OC2CCC(C(F)(F)F)CC2)cc1NC(=O)[C@H]1COC(=O)N1C. The third-order valence-corrected chi connectivity index (χ3v) is 5.29. The molecule has 0 spiro atoms. The van der Waals surface area contributed by atoms with Crippen LogP contribution in [0.5, 0.6) is 11.5 Å². The van der Waals surface area contributed by atoms with E-state index in [1.54, 1.807) is 18.2 Å². The van der Waals surface area contributed by atoms with Crippen LogP contribution in [0.2, 0.25) is 0 Å². The van der Waals surface area contributed by atoms with Gasteiger partial charge in [-0.25, -0.2) is 4.79 Å². The maximum atomic E-state index is 12.8. The molecule has 0 aromatic heterocycles. The van der Waals surface area contributed by atoms with Crippen molar-refractivity contribution in [1.82, 2.24) is 4.90 Å². The molecule has 160 valence electrons. The highest BCUT2D eigenvalue weighted by Crippen LogP contribution is 2.39. The molecule has 2 amide bonds. The second-order valence-electron chi connectivity index (χ2n) is 7.19. The highest BCUT2D eigenvalue weighted by Gasteiger charge is 2.42. The van der Waals surface area contributed by atoms with E-state index in [0.29, 0.717) is 30.0 Å². The molecule has 7 nitrogen and oxygen atoms in total. The van der Waals surface area contributed by atoms with Crippen molar-refractivity contribution in [2.45, 2.75) is 44.0 Å². The van der Waals surface area contributed by atoms with Gasteiger partial charge < -0.3 is 19.5 Å². The minimum absolute atomic E-state index is 0.0377. The Balaban J connectivity index is 1.65. The summed E-state index contributed by atoms with van der Waals surface area (Å²) in [5.41, 5.74) is 0.340. The average molecular weight is 416 g/mol. The Morgan fingerprint density at radius 2 is 1.93 bits per heavy atom. The van der Waals surface area contributed by atoms with Crippen molar-refractivity contribution in [2.24, 2.45) is 5.92 Å². The van der Waals surface area contributed by atoms with E-state index in [0.717, 1.165) is 0 Å². The molecule has 2 fully saturated rings. The monoisotopic (exact) mass is 416 g/mol. The first-order valence-corrected chi connectivity index (χ1v) is 9.31. The van der Waals surface area contributed by atoms with Crippen LogP contribution in [0.3, 0.4) is 0 Å². The summed E-state index contributed by atoms with van der Waals surface area (Å²) in [5.74, 6) is -0.913. The Hall–Kier alpha value is -2.65. The van der Waals surface area contributed by atoms with Crippen molar-refractivity contribution in [3.05, 3.63) is 18.2 Å². The lowest BCUT2D eigenvalue weighted by molar-refractivity contribution is -0.185. The topological polar surface area (TPSA) is 77.1 Å². The van der Waals surface area contributed by atoms with E-state index in [1.807, 2.05) is 0 Å². The number of nitrogens with one attached hydrogen (secondary N) is 1. The minimum Gasteiger partial charge on any atom is -0.495 e. The van der Waals surface area contributed by atoms with Gasteiger partial charge in [0.05, 0.1) is 24.8 Å². The van der Waals surface area contributed by atoms with Gasteiger partial charge in [-0.3, -0.25) is 9.69 Å². The van der Waals surface area contributed by atoms with Crippen LogP contribution in [-0.4, -0.2) is 56.0 Å². The van der Waals surface area contributed by atoms with Gasteiger partial charge in [-0.05, 0) is 37.8 Å². The molecule has 29 heavy (non-hydrogen) atoms. The number of carbonyl (C=O) groups excluding carboxylic acids is 2. The lowest BCUT2D eigenvalue weighted by Crippen LogP contribution is -2.40. The van der Waals surface area contributed by atoms with E-state index in [4.69, 9.17) is 14.2 Å². The minimum atomic E-state index is -4.17. The number of benzene rings is 1. The maximum absolute atomic E-state index is 12.8. The van der Waals surface area contributed by atoms with E-state index < -0.39 is 30.1 Å². The number of nitrogens with zero attached hydrogens (tertiary/aromatic N) is 1. The van der Waals surface area contributed by atoms with Gasteiger partial charge in [-0.15, -0.1) is 0 Å². The van der Waals surface area contributed by atoms with E-state index in [-0.39, 0.29) is 25.6 Å². The van der Waals surface area contributed by atoms with E-state index in [2.05, 4.69) is 5.32 Å². The van der Waals surface area contributed by atoms with Crippen molar-refractivity contribution in [1.29, 1.82) is 0 Å². The predicted molar refractivity (Wildman–Crippen MR) is 97.0 cm³/mol. The molecular formula is C19H23F3N2O5. The maximum Gasteiger partial charge on any atom is 0.410 e. The molecule has 1 aliphatic carbocycles. The van der Waals surface area contributed by atoms with Crippen molar-refractivity contribution >= 4 is 17.7 Å². The fourth-order valence-corrected chi connectivity index (χ4v) is 3.52. The summed E-state index contributed by atoms with van der Waals surface area (Å²) in [5, 5.41) is 2.69. The average Bonchev–Trinajstić information content (AvgIpc) is 3.00. The summed E-state index contributed by atoms with van der Waals surface area (Å²) in [6.07, 6.45) is -4.37. The summed E-state index contributed by atoms with van der Waals surface area (Å²) in [4.78, 5) is 25.1. The smallest absolute Gasteiger partial charge is 0.410 e. The zero-order chi connectivity index (χ0) is 21.2. The molecule has 1 atom stereocenters. The molecule has 1 aliphatic heterocycles. The Kier molecular flexibility index (Phi) is 6.09. The molecule has 1 saturated carbocycles. The number of carbonyl (C=O) groups is 2. The first kappa shape index (κ1) is 21.1. The third-order valence-electron chi connectivity index (χ3n) is 5.29. The van der Waals surface area contributed by atoms with Gasteiger partial charge in [0.15, 0.2) is 0 Å². The van der Waals surface area contributed by atoms with Crippen molar-refractivity contribution in [3.8, 4) is 11.5 Å². The van der Waals surface area contributed by atoms with Crippen LogP contribution < -0.4 is 14.8 Å². The Labute approximate surface area is 166 Å². The molecule has 1 saturated heterocycles. The number of hydrogen-bond donors (Lipinski definition) is 1. The molecule has 10 heteroatoms. The molecule has 0 unspecified atom stereocenters. The van der Waals surface area contributed by atoms with Crippen LogP contribution in [-0.2, 0) is 9.53 Å². The molecule has 3 rings (SSSR count). The molecule has 2 aliphatic rings. The molecule has 1 aromatic carbocycles. The number of rotatable bonds is 5. The van der Waals surface area contributed by atoms with Gasteiger partial charge >= 0.3 is 12.3 Å². The van der Waals surface area contributed by atoms with Gasteiger partial charge in [0.2, 0.25) is 0 Å². The van der Waals surface area contributed by atoms with Gasteiger partial charge in [0, 0.05) is 13.1 Å². The van der Waals surface area contributed by atoms with Gasteiger partial charge in [-0.1, -0.05) is 0 Å². The molecule has 1 aromatic rings. The number of likely N-dealkylation sites (N-methyl/N-ethyl adjacent to an activating group) is 1. The largest absolute Gasteiger partial charge is 0.495 e. The molecule has 0 bridgehead atoms. The summed E-state index contributed by atoms with van der Waals surface area (Å²) in [6.45, 7) is -0.0535. The molecule has 1 N–H and O–H groups in total. The highest BCUT2D eigenvalue weighted by molar-refractivity contribution is 5.98. The Morgan fingerprint density at radius 1 is 1.24 bits per heavy atom. The fourth-order valence-electron chi connectivity index (χ4n) is 3.52. The number of cyclic esters (lactones) is 1. The van der Waals surface area contributed by atoms with E-state index in [9.17, 15) is 22.8 Å². The quantitative estimate of drug-likeness (QED) is 0.794. The van der Waals surface area contributed by atoms with Crippen molar-refractivity contribution < 1.29 is 37.0 Å². The van der Waals surface area contributed by atoms with Gasteiger partial charge in [-0.2, -0.15) is 13.2 Å². The van der Waals surface area contributed by atoms with Crippen LogP contribution in [0.25, 0.3) is 0 Å². The summed E-state index contributed by atoms with van der Waals surface area (Å²) in [6, 6.07) is 4.03. The van der Waals surface area contributed by atoms with Crippen molar-refractivity contribution in [3.63, 3.8) is 0 Å². The number of alkyl halides is 3. The summed E-state index contributed by atoms with van der Waals surface area (Å²) < 4.78 is 54.3. The number of ether oxygens (including phenoxy) is 3. The Morgan fingerprint density at radius 3 is 2.48 bits per heavy atom. The molecule has 0 radical (unpaired) electrons. The summed E-state index contributed by atoms with van der Waals surface area (Å²) in [7, 11) is 2.91. The van der Waals surface area contributed by atoms with Gasteiger partial charge in [0.25, 0.3) is 5.91 Å². The molecule has 1 heterocycles. The van der Waals surface area contributed by atoms with Crippen LogP contribution in [0.1, 0.15) is 25.7 Å². The second-order valence-corrected chi connectivity index (χ2v) is 7.19. The van der Waals surface area contributed by atoms with Crippen LogP contribution in [0.4, 0.5) is 23.7 Å². The van der Waals surface area contributed by atoms with Gasteiger partial charge in [0.1, 0.15) is 24.1 Å². The highest BCUT2D eigenvalue weighted by atomic mass is 19.4. The second kappa shape index (κ2) is 8.38. The molecular weight excluding hydrogens is 393 g/mol. The third kappa shape index (κ3) is 4.86. The van der Waals surface area contributed by atoms with Crippen LogP contribution in [0.15, 0.2) is 18.2 Å². The lowest BCUT2D eigenvalue weighted by atomic mass is 9.87. The number of amides is 2. The Bertz CT molecular complexity index is 763. The zero-order valence-corrected chi connectivity index (χ0v) is 16.1. The van der Waals surface area contributed by atoms with Crippen LogP contribution >= 0.6 is 0 Å². The number of methoxy groups -OCH3 is 1. The normalized spacial score (nSPS) is 24.8. The standard InChI is InChI=1S/C19H23F3N2O5/c1-24-15(10-28-18(24)26)17(25)23-14-9-13(7-8-16(14)27-2)29-12-5-3-11(4-6-12)19(20,21)22/h7-9,11-12,15H,3-6,10H2,1-2H3,(H,23,25)/t11?,12?,15-/m1/s1. The van der Waals surface area contributed by atoms with Crippen LogP contribution in [0, 0.1) is 5.92 Å².